The summed E-state index contributed by atoms with van der Waals surface area (Å²) in [5.41, 5.74) is 0.516. The second-order valence-electron chi connectivity index (χ2n) is 6.86. The fourth-order valence-electron chi connectivity index (χ4n) is 3.37. The molecule has 0 spiro atoms. The van der Waals surface area contributed by atoms with Gasteiger partial charge in [-0.05, 0) is 53.0 Å². The van der Waals surface area contributed by atoms with E-state index in [2.05, 4.69) is 25.4 Å². The van der Waals surface area contributed by atoms with Gasteiger partial charge in [-0.25, -0.2) is 4.39 Å². The van der Waals surface area contributed by atoms with Gasteiger partial charge in [0.05, 0.1) is 21.1 Å². The molecule has 1 N–H and O–H groups in total. The zero-order chi connectivity index (χ0) is 23.5. The van der Waals surface area contributed by atoms with Gasteiger partial charge in [-0.15, -0.1) is 13.2 Å². The maximum Gasteiger partial charge on any atom is 0.573 e. The summed E-state index contributed by atoms with van der Waals surface area (Å²) in [4.78, 5) is 13.9. The summed E-state index contributed by atoms with van der Waals surface area (Å²) in [5, 5.41) is -0.157. The molecule has 1 saturated heterocycles. The maximum atomic E-state index is 14.4. The molecule has 1 unspecified atom stereocenters. The summed E-state index contributed by atoms with van der Waals surface area (Å²) in [5.74, 6) is -1.51. The Hall–Kier alpha value is -1.85. The first-order valence-corrected chi connectivity index (χ1v) is 11.8. The van der Waals surface area contributed by atoms with Crippen molar-refractivity contribution in [1.82, 2.24) is 4.72 Å². The van der Waals surface area contributed by atoms with Crippen LogP contribution >= 0.6 is 39.5 Å². The summed E-state index contributed by atoms with van der Waals surface area (Å²) in [6.07, 6.45) is -1.56. The van der Waals surface area contributed by atoms with Crippen LogP contribution in [0.25, 0.3) is 0 Å². The number of nitrogens with zero attached hydrogens (tertiary/aromatic N) is 1. The van der Waals surface area contributed by atoms with Crippen molar-refractivity contribution in [2.75, 3.05) is 24.3 Å². The predicted octanol–water partition coefficient (Wildman–Crippen LogP) is 6.20. The van der Waals surface area contributed by atoms with Crippen LogP contribution in [0, 0.1) is 5.82 Å². The molecule has 3 rings (SSSR count). The number of hydrogen-bond donors (Lipinski definition) is 1. The van der Waals surface area contributed by atoms with E-state index in [0.717, 1.165) is 30.9 Å². The Morgan fingerprint density at radius 2 is 2.06 bits per heavy atom. The highest BCUT2D eigenvalue weighted by Gasteiger charge is 2.33. The predicted molar refractivity (Wildman–Crippen MR) is 119 cm³/mol. The number of carbonyl (C=O) groups is 1. The van der Waals surface area contributed by atoms with Gasteiger partial charge in [0, 0.05) is 24.6 Å². The number of rotatable bonds is 7. The van der Waals surface area contributed by atoms with E-state index in [4.69, 9.17) is 16.3 Å². The highest BCUT2D eigenvalue weighted by molar-refractivity contribution is 9.10. The van der Waals surface area contributed by atoms with Gasteiger partial charge in [-0.3, -0.25) is 9.52 Å². The van der Waals surface area contributed by atoms with Gasteiger partial charge in [0.15, 0.2) is 0 Å². The van der Waals surface area contributed by atoms with E-state index in [-0.39, 0.29) is 29.0 Å². The monoisotopic (exact) mass is 556 g/mol. The largest absolute Gasteiger partial charge is 0.573 e. The Kier molecular flexibility index (Phi) is 8.05. The van der Waals surface area contributed by atoms with E-state index >= 15 is 0 Å². The van der Waals surface area contributed by atoms with Crippen molar-refractivity contribution in [3.8, 4) is 11.5 Å². The van der Waals surface area contributed by atoms with Gasteiger partial charge in [-0.2, -0.15) is 0 Å². The quantitative estimate of drug-likeness (QED) is 0.325. The molecule has 1 aliphatic rings. The molecule has 1 atom stereocenters. The molecule has 1 fully saturated rings. The lowest BCUT2D eigenvalue weighted by Crippen LogP contribution is -2.34. The van der Waals surface area contributed by atoms with Gasteiger partial charge in [0.1, 0.15) is 23.9 Å². The average Bonchev–Trinajstić information content (AvgIpc) is 3.17. The second kappa shape index (κ2) is 10.4. The number of alkyl halides is 3. The first-order valence-electron chi connectivity index (χ1n) is 9.36. The summed E-state index contributed by atoms with van der Waals surface area (Å²) in [7, 11) is 0. The number of hydrogen-bond acceptors (Lipinski definition) is 5. The molecule has 0 bridgehead atoms. The van der Waals surface area contributed by atoms with Crippen LogP contribution < -0.4 is 19.1 Å². The van der Waals surface area contributed by atoms with E-state index in [1.54, 1.807) is 6.26 Å². The molecule has 0 aromatic heterocycles. The van der Waals surface area contributed by atoms with E-state index in [1.807, 2.05) is 4.90 Å². The van der Waals surface area contributed by atoms with Crippen LogP contribution in [0.2, 0.25) is 5.02 Å². The number of halogens is 6. The summed E-state index contributed by atoms with van der Waals surface area (Å²) in [6.45, 7) is 0.861. The molecule has 174 valence electrons. The Labute approximate surface area is 199 Å². The van der Waals surface area contributed by atoms with Crippen molar-refractivity contribution >= 4 is 51.1 Å². The first-order chi connectivity index (χ1) is 15.1. The van der Waals surface area contributed by atoms with E-state index < -0.39 is 23.8 Å². The van der Waals surface area contributed by atoms with Crippen molar-refractivity contribution < 1.29 is 31.8 Å². The average molecular weight is 558 g/mol. The normalized spacial score (nSPS) is 16.2. The summed E-state index contributed by atoms with van der Waals surface area (Å²) < 4.78 is 64.3. The molecule has 0 aliphatic carbocycles. The topological polar surface area (TPSA) is 50.8 Å². The molecule has 5 nitrogen and oxygen atoms in total. The molecule has 0 saturated carbocycles. The lowest BCUT2D eigenvalue weighted by Gasteiger charge is -2.27. The van der Waals surface area contributed by atoms with Crippen molar-refractivity contribution in [3.63, 3.8) is 0 Å². The first kappa shape index (κ1) is 24.8. The third-order valence-electron chi connectivity index (χ3n) is 4.74. The van der Waals surface area contributed by atoms with Crippen LogP contribution in [0.3, 0.4) is 0 Å². The minimum atomic E-state index is -4.83. The second-order valence-corrected chi connectivity index (χ2v) is 8.73. The van der Waals surface area contributed by atoms with E-state index in [1.165, 1.54) is 24.3 Å². The van der Waals surface area contributed by atoms with E-state index in [9.17, 15) is 22.4 Å². The summed E-state index contributed by atoms with van der Waals surface area (Å²) >= 11 is 10.3. The van der Waals surface area contributed by atoms with Crippen molar-refractivity contribution in [1.29, 1.82) is 0 Å². The Morgan fingerprint density at radius 3 is 2.72 bits per heavy atom. The van der Waals surface area contributed by atoms with Gasteiger partial charge in [0.2, 0.25) is 0 Å². The molecular formula is C20H18BrClF4N2O3S. The highest BCUT2D eigenvalue weighted by atomic mass is 79.9. The third kappa shape index (κ3) is 6.14. The fraction of sp³-hybridized carbons (Fsp3) is 0.350. The lowest BCUT2D eigenvalue weighted by molar-refractivity contribution is -0.274. The van der Waals surface area contributed by atoms with Crippen molar-refractivity contribution in [2.45, 2.75) is 25.2 Å². The van der Waals surface area contributed by atoms with Crippen LogP contribution in [0.1, 0.15) is 23.2 Å². The highest BCUT2D eigenvalue weighted by Crippen LogP contribution is 2.36. The molecule has 12 heteroatoms. The molecule has 1 aliphatic heterocycles. The summed E-state index contributed by atoms with van der Waals surface area (Å²) in [6, 6.07) is 6.47. The zero-order valence-corrected chi connectivity index (χ0v) is 19.8. The van der Waals surface area contributed by atoms with Gasteiger partial charge in [0.25, 0.3) is 5.91 Å². The Morgan fingerprint density at radius 1 is 1.31 bits per heavy atom. The molecule has 1 amide bonds. The minimum Gasteiger partial charge on any atom is -0.490 e. The SMILES string of the molecule is CSNC(=O)c1cc(Br)c(OCC2CCCN2c2ccc(OC(F)(F)F)c(Cl)c2)cc1F. The number of benzene rings is 2. The molecule has 1 heterocycles. The fourth-order valence-corrected chi connectivity index (χ4v) is 4.34. The third-order valence-corrected chi connectivity index (χ3v) is 6.05. The van der Waals surface area contributed by atoms with Crippen LogP contribution in [0.15, 0.2) is 34.8 Å². The van der Waals surface area contributed by atoms with Crippen molar-refractivity contribution in [2.24, 2.45) is 0 Å². The van der Waals surface area contributed by atoms with Gasteiger partial charge < -0.3 is 14.4 Å². The van der Waals surface area contributed by atoms with E-state index in [0.29, 0.717) is 16.7 Å². The molecule has 2 aromatic rings. The van der Waals surface area contributed by atoms with Crippen LogP contribution in [-0.4, -0.2) is 37.7 Å². The number of carbonyl (C=O) groups excluding carboxylic acids is 1. The zero-order valence-electron chi connectivity index (χ0n) is 16.6. The lowest BCUT2D eigenvalue weighted by atomic mass is 10.2. The molecule has 0 radical (unpaired) electrons. The Balaban J connectivity index is 1.70. The van der Waals surface area contributed by atoms with Crippen molar-refractivity contribution in [3.05, 3.63) is 51.2 Å². The smallest absolute Gasteiger partial charge is 0.490 e. The van der Waals surface area contributed by atoms with Gasteiger partial charge >= 0.3 is 6.36 Å². The Bertz CT molecular complexity index is 996. The number of anilines is 1. The number of ether oxygens (including phenoxy) is 2. The number of amides is 1. The molecular weight excluding hydrogens is 540 g/mol. The number of nitrogens with one attached hydrogen (secondary N) is 1. The molecule has 2 aromatic carbocycles. The van der Waals surface area contributed by atoms with Crippen LogP contribution in [-0.2, 0) is 0 Å². The minimum absolute atomic E-state index is 0.102. The van der Waals surface area contributed by atoms with Crippen LogP contribution in [0.4, 0.5) is 23.2 Å². The van der Waals surface area contributed by atoms with Crippen LogP contribution in [0.5, 0.6) is 11.5 Å². The molecule has 32 heavy (non-hydrogen) atoms. The maximum absolute atomic E-state index is 14.4. The standard InChI is InChI=1S/C20H18BrClF4N2O3S/c1-32-27-19(29)13-8-14(21)18(9-16(13)23)30-10-12-3-2-6-28(12)11-4-5-17(15(22)7-11)31-20(24,25)26/h4-5,7-9,12H,2-3,6,10H2,1H3,(H,27,29). The van der Waals surface area contributed by atoms with Gasteiger partial charge in [-0.1, -0.05) is 23.5 Å².